The number of hydrogen-bond donors (Lipinski definition) is 0. The summed E-state index contributed by atoms with van der Waals surface area (Å²) < 4.78 is 29.7. The lowest BCUT2D eigenvalue weighted by molar-refractivity contribution is -0.119. The van der Waals surface area contributed by atoms with Gasteiger partial charge >= 0.3 is 0 Å². The highest BCUT2D eigenvalue weighted by atomic mass is 35.5. The van der Waals surface area contributed by atoms with Crippen molar-refractivity contribution in [1.82, 2.24) is 0 Å². The van der Waals surface area contributed by atoms with Gasteiger partial charge in [0.1, 0.15) is 5.75 Å². The second-order valence-corrected chi connectivity index (χ2v) is 11.4. The number of anilines is 1. The van der Waals surface area contributed by atoms with Crippen LogP contribution in [-0.4, -0.2) is 48.9 Å². The molecule has 2 aliphatic rings. The molecular weight excluding hydrogens is 491 g/mol. The summed E-state index contributed by atoms with van der Waals surface area (Å²) in [6.07, 6.45) is 0. The molecule has 6 nitrogen and oxygen atoms in total. The molecule has 1 amide bonds. The number of carbonyl (C=O) groups excluding carboxylic acids is 1. The SMILES string of the molecule is O=C(COc1ccc(Cl)cc1)N=C1S[C@@H]2CS(=O)(=O)C[C@H]2N1c1ccc(Cl)c(Cl)c1. The van der Waals surface area contributed by atoms with Crippen molar-refractivity contribution < 1.29 is 17.9 Å². The van der Waals surface area contributed by atoms with Crippen molar-refractivity contribution in [3.05, 3.63) is 57.5 Å². The average molecular weight is 506 g/mol. The van der Waals surface area contributed by atoms with E-state index in [1.807, 2.05) is 0 Å². The molecule has 2 aliphatic heterocycles. The molecule has 0 bridgehead atoms. The van der Waals surface area contributed by atoms with Gasteiger partial charge in [0.25, 0.3) is 5.91 Å². The highest BCUT2D eigenvalue weighted by molar-refractivity contribution is 8.16. The van der Waals surface area contributed by atoms with Crippen LogP contribution in [0.15, 0.2) is 47.5 Å². The first-order chi connectivity index (χ1) is 14.2. The predicted molar refractivity (Wildman–Crippen MR) is 122 cm³/mol. The van der Waals surface area contributed by atoms with E-state index in [-0.39, 0.29) is 29.4 Å². The molecule has 2 fully saturated rings. The van der Waals surface area contributed by atoms with Gasteiger partial charge in [-0.2, -0.15) is 4.99 Å². The maximum atomic E-state index is 12.4. The number of carbonyl (C=O) groups is 1. The van der Waals surface area contributed by atoms with Crippen LogP contribution in [0.25, 0.3) is 0 Å². The highest BCUT2D eigenvalue weighted by Gasteiger charge is 2.49. The Morgan fingerprint density at radius 3 is 2.53 bits per heavy atom. The van der Waals surface area contributed by atoms with E-state index in [0.717, 1.165) is 0 Å². The fourth-order valence-corrected chi connectivity index (χ4v) is 7.67. The Bertz CT molecular complexity index is 1120. The zero-order valence-electron chi connectivity index (χ0n) is 15.3. The molecule has 0 N–H and O–H groups in total. The standard InChI is InChI=1S/C19H15Cl3N2O4S2/c20-11-1-4-13(5-2-11)28-8-18(25)23-19-24(12-3-6-14(21)15(22)7-12)16-9-30(26,27)10-17(16)29-19/h1-7,16-17H,8-10H2/t16-,17-/m1/s1. The van der Waals surface area contributed by atoms with E-state index in [9.17, 15) is 13.2 Å². The minimum Gasteiger partial charge on any atom is -0.484 e. The van der Waals surface area contributed by atoms with Crippen LogP contribution in [0.5, 0.6) is 5.75 Å². The van der Waals surface area contributed by atoms with Crippen LogP contribution < -0.4 is 9.64 Å². The third-order valence-corrected chi connectivity index (χ3v) is 8.84. The van der Waals surface area contributed by atoms with Crippen LogP contribution in [0.3, 0.4) is 0 Å². The van der Waals surface area contributed by atoms with E-state index >= 15 is 0 Å². The summed E-state index contributed by atoms with van der Waals surface area (Å²) in [4.78, 5) is 18.4. The Morgan fingerprint density at radius 2 is 1.83 bits per heavy atom. The van der Waals surface area contributed by atoms with E-state index in [2.05, 4.69) is 4.99 Å². The van der Waals surface area contributed by atoms with Crippen molar-refractivity contribution in [3.8, 4) is 5.75 Å². The number of hydrogen-bond acceptors (Lipinski definition) is 5. The van der Waals surface area contributed by atoms with Crippen LogP contribution in [0, 0.1) is 0 Å². The number of benzene rings is 2. The zero-order valence-corrected chi connectivity index (χ0v) is 19.2. The zero-order chi connectivity index (χ0) is 21.5. The Kier molecular flexibility index (Phi) is 6.23. The third-order valence-electron chi connectivity index (χ3n) is 4.64. The van der Waals surface area contributed by atoms with E-state index in [1.54, 1.807) is 47.4 Å². The molecule has 2 heterocycles. The van der Waals surface area contributed by atoms with Crippen LogP contribution >= 0.6 is 46.6 Å². The topological polar surface area (TPSA) is 76.0 Å². The number of nitrogens with zero attached hydrogens (tertiary/aromatic N) is 2. The summed E-state index contributed by atoms with van der Waals surface area (Å²) in [5.74, 6) is 0.0327. The summed E-state index contributed by atoms with van der Waals surface area (Å²) in [7, 11) is -3.16. The van der Waals surface area contributed by atoms with Gasteiger partial charge in [-0.15, -0.1) is 0 Å². The summed E-state index contributed by atoms with van der Waals surface area (Å²) in [6, 6.07) is 11.3. The van der Waals surface area contributed by atoms with Gasteiger partial charge in [0, 0.05) is 16.0 Å². The van der Waals surface area contributed by atoms with Crippen LogP contribution in [0.1, 0.15) is 0 Å². The van der Waals surface area contributed by atoms with Gasteiger partial charge in [-0.1, -0.05) is 46.6 Å². The summed E-state index contributed by atoms with van der Waals surface area (Å²) in [6.45, 7) is -0.255. The first kappa shape index (κ1) is 21.8. The van der Waals surface area contributed by atoms with Gasteiger partial charge in [-0.25, -0.2) is 8.42 Å². The number of thioether (sulfide) groups is 1. The number of ether oxygens (including phenoxy) is 1. The second-order valence-electron chi connectivity index (χ2n) is 6.80. The van der Waals surface area contributed by atoms with E-state index in [1.165, 1.54) is 11.8 Å². The van der Waals surface area contributed by atoms with Crippen molar-refractivity contribution in [3.63, 3.8) is 0 Å². The number of aliphatic imine (C=N–C) groups is 1. The molecule has 2 saturated heterocycles. The average Bonchev–Trinajstić information content (AvgIpc) is 3.14. The fraction of sp³-hybridized carbons (Fsp3) is 0.263. The Labute approximate surface area is 193 Å². The van der Waals surface area contributed by atoms with Gasteiger partial charge in [-0.05, 0) is 42.5 Å². The molecule has 30 heavy (non-hydrogen) atoms. The van der Waals surface area contributed by atoms with Crippen molar-refractivity contribution in [2.45, 2.75) is 11.3 Å². The van der Waals surface area contributed by atoms with Gasteiger partial charge < -0.3 is 9.64 Å². The molecule has 0 spiro atoms. The molecule has 4 rings (SSSR count). The lowest BCUT2D eigenvalue weighted by Crippen LogP contribution is -2.37. The van der Waals surface area contributed by atoms with E-state index < -0.39 is 15.7 Å². The van der Waals surface area contributed by atoms with Crippen LogP contribution in [-0.2, 0) is 14.6 Å². The highest BCUT2D eigenvalue weighted by Crippen LogP contribution is 2.42. The molecule has 0 unspecified atom stereocenters. The molecule has 11 heteroatoms. The lowest BCUT2D eigenvalue weighted by atomic mass is 10.2. The first-order valence-electron chi connectivity index (χ1n) is 8.83. The predicted octanol–water partition coefficient (Wildman–Crippen LogP) is 4.33. The molecule has 0 aliphatic carbocycles. The maximum absolute atomic E-state index is 12.4. The first-order valence-corrected chi connectivity index (χ1v) is 12.7. The van der Waals surface area contributed by atoms with Crippen molar-refractivity contribution >= 4 is 73.2 Å². The number of halogens is 3. The number of rotatable bonds is 4. The number of sulfone groups is 1. The van der Waals surface area contributed by atoms with Crippen molar-refractivity contribution in [2.75, 3.05) is 23.0 Å². The van der Waals surface area contributed by atoms with Crippen molar-refractivity contribution in [1.29, 1.82) is 0 Å². The molecular formula is C19H15Cl3N2O4S2. The molecule has 0 aromatic heterocycles. The third kappa shape index (κ3) is 4.73. The van der Waals surface area contributed by atoms with E-state index in [4.69, 9.17) is 39.5 Å². The quantitative estimate of drug-likeness (QED) is 0.616. The van der Waals surface area contributed by atoms with Crippen LogP contribution in [0.2, 0.25) is 15.1 Å². The number of amidine groups is 1. The maximum Gasteiger partial charge on any atom is 0.285 e. The molecule has 0 saturated carbocycles. The normalized spacial score (nSPS) is 23.6. The van der Waals surface area contributed by atoms with Gasteiger partial charge in [0.2, 0.25) is 0 Å². The molecule has 2 aromatic carbocycles. The minimum absolute atomic E-state index is 0.0145. The minimum atomic E-state index is -3.16. The Balaban J connectivity index is 1.57. The van der Waals surface area contributed by atoms with Crippen molar-refractivity contribution in [2.24, 2.45) is 4.99 Å². The summed E-state index contributed by atoms with van der Waals surface area (Å²) in [5, 5.41) is 1.49. The lowest BCUT2D eigenvalue weighted by Gasteiger charge is -2.24. The summed E-state index contributed by atoms with van der Waals surface area (Å²) in [5.41, 5.74) is 0.631. The number of fused-ring (bicyclic) bond motifs is 1. The summed E-state index contributed by atoms with van der Waals surface area (Å²) >= 11 is 19.3. The van der Waals surface area contributed by atoms with Crippen LogP contribution in [0.4, 0.5) is 5.69 Å². The van der Waals surface area contributed by atoms with Gasteiger partial charge in [-0.3, -0.25) is 4.79 Å². The molecule has 2 aromatic rings. The number of amides is 1. The van der Waals surface area contributed by atoms with E-state index in [0.29, 0.717) is 31.7 Å². The smallest absolute Gasteiger partial charge is 0.285 e. The Morgan fingerprint density at radius 1 is 1.10 bits per heavy atom. The Hall–Kier alpha value is -1.45. The van der Waals surface area contributed by atoms with Gasteiger partial charge in [0.05, 0.1) is 27.6 Å². The molecule has 0 radical (unpaired) electrons. The molecule has 158 valence electrons. The molecule has 2 atom stereocenters. The largest absolute Gasteiger partial charge is 0.484 e. The second kappa shape index (κ2) is 8.59. The fourth-order valence-electron chi connectivity index (χ4n) is 3.32. The van der Waals surface area contributed by atoms with Gasteiger partial charge in [0.15, 0.2) is 21.6 Å². The monoisotopic (exact) mass is 504 g/mol.